The zero-order valence-corrected chi connectivity index (χ0v) is 10.6. The van der Waals surface area contributed by atoms with Gasteiger partial charge in [-0.25, -0.2) is 0 Å². The number of aliphatic hydroxyl groups is 1. The number of nitrogens with zero attached hydrogens (tertiary/aromatic N) is 1. The summed E-state index contributed by atoms with van der Waals surface area (Å²) >= 11 is 0. The van der Waals surface area contributed by atoms with Crippen LogP contribution in [0, 0.1) is 0 Å². The van der Waals surface area contributed by atoms with E-state index in [9.17, 15) is 9.90 Å². The summed E-state index contributed by atoms with van der Waals surface area (Å²) in [5.74, 6) is 0.145. The largest absolute Gasteiger partial charge is 0.390 e. The van der Waals surface area contributed by atoms with Gasteiger partial charge >= 0.3 is 0 Å². The van der Waals surface area contributed by atoms with Crippen LogP contribution in [-0.4, -0.2) is 47.2 Å². The number of likely N-dealkylation sites (tertiary alicyclic amines) is 1. The van der Waals surface area contributed by atoms with E-state index in [0.29, 0.717) is 25.6 Å². The minimum atomic E-state index is -0.597. The van der Waals surface area contributed by atoms with Gasteiger partial charge in [-0.2, -0.15) is 0 Å². The second-order valence-corrected chi connectivity index (χ2v) is 5.27. The zero-order valence-electron chi connectivity index (χ0n) is 10.6. The highest BCUT2D eigenvalue weighted by molar-refractivity contribution is 5.78. The quantitative estimate of drug-likeness (QED) is 0.749. The van der Waals surface area contributed by atoms with Gasteiger partial charge in [0.1, 0.15) is 0 Å². The number of nitrogens with one attached hydrogen (secondary N) is 1. The Hall–Kier alpha value is -0.610. The van der Waals surface area contributed by atoms with Gasteiger partial charge in [-0.15, -0.1) is 0 Å². The Morgan fingerprint density at radius 2 is 2.12 bits per heavy atom. The van der Waals surface area contributed by atoms with Gasteiger partial charge in [0.05, 0.1) is 12.1 Å². The van der Waals surface area contributed by atoms with E-state index in [1.165, 1.54) is 0 Å². The van der Waals surface area contributed by atoms with Gasteiger partial charge in [-0.05, 0) is 26.2 Å². The number of hydrogen-bond acceptors (Lipinski definition) is 3. The van der Waals surface area contributed by atoms with Crippen LogP contribution in [0.5, 0.6) is 0 Å². The summed E-state index contributed by atoms with van der Waals surface area (Å²) in [7, 11) is 0. The van der Waals surface area contributed by atoms with Crippen molar-refractivity contribution in [3.8, 4) is 0 Å². The van der Waals surface area contributed by atoms with Gasteiger partial charge in [0.15, 0.2) is 0 Å². The fourth-order valence-electron chi connectivity index (χ4n) is 1.92. The molecule has 0 aromatic carbocycles. The maximum atomic E-state index is 11.8. The van der Waals surface area contributed by atoms with Crippen molar-refractivity contribution >= 4 is 5.91 Å². The smallest absolute Gasteiger partial charge is 0.236 e. The van der Waals surface area contributed by atoms with Gasteiger partial charge in [-0.3, -0.25) is 4.79 Å². The van der Waals surface area contributed by atoms with E-state index < -0.39 is 5.60 Å². The number of carbonyl (C=O) groups is 1. The molecule has 1 heterocycles. The average molecular weight is 228 g/mol. The van der Waals surface area contributed by atoms with Crippen molar-refractivity contribution in [2.45, 2.75) is 51.7 Å². The SMILES string of the molecule is CC(C)NCC(=O)N1CCCC(C)(O)CC1. The first-order valence-electron chi connectivity index (χ1n) is 6.14. The maximum Gasteiger partial charge on any atom is 0.236 e. The third-order valence-electron chi connectivity index (χ3n) is 3.08. The van der Waals surface area contributed by atoms with Crippen LogP contribution in [0.15, 0.2) is 0 Å². The van der Waals surface area contributed by atoms with Gasteiger partial charge < -0.3 is 15.3 Å². The van der Waals surface area contributed by atoms with E-state index in [-0.39, 0.29) is 5.91 Å². The molecule has 1 aliphatic heterocycles. The standard InChI is InChI=1S/C12H24N2O2/c1-10(2)13-9-11(15)14-7-4-5-12(3,16)6-8-14/h10,13,16H,4-9H2,1-3H3. The van der Waals surface area contributed by atoms with Crippen LogP contribution in [0.25, 0.3) is 0 Å². The molecule has 0 spiro atoms. The predicted octanol–water partition coefficient (Wildman–Crippen LogP) is 0.748. The fourth-order valence-corrected chi connectivity index (χ4v) is 1.92. The minimum Gasteiger partial charge on any atom is -0.390 e. The topological polar surface area (TPSA) is 52.6 Å². The van der Waals surface area contributed by atoms with Crippen molar-refractivity contribution in [1.82, 2.24) is 10.2 Å². The second kappa shape index (κ2) is 5.64. The predicted molar refractivity (Wildman–Crippen MR) is 64.2 cm³/mol. The van der Waals surface area contributed by atoms with Crippen LogP contribution in [0.3, 0.4) is 0 Å². The lowest BCUT2D eigenvalue weighted by Crippen LogP contribution is -2.41. The molecule has 0 radical (unpaired) electrons. The minimum absolute atomic E-state index is 0.145. The number of hydrogen-bond donors (Lipinski definition) is 2. The third kappa shape index (κ3) is 4.49. The normalized spacial score (nSPS) is 26.9. The first-order valence-corrected chi connectivity index (χ1v) is 6.14. The fraction of sp³-hybridized carbons (Fsp3) is 0.917. The van der Waals surface area contributed by atoms with Crippen LogP contribution in [0.1, 0.15) is 40.0 Å². The molecule has 0 aromatic rings. The van der Waals surface area contributed by atoms with E-state index in [0.717, 1.165) is 19.4 Å². The average Bonchev–Trinajstić information content (AvgIpc) is 2.35. The Bertz CT molecular complexity index is 239. The molecule has 0 aromatic heterocycles. The molecular formula is C12H24N2O2. The summed E-state index contributed by atoms with van der Waals surface area (Å²) < 4.78 is 0. The lowest BCUT2D eigenvalue weighted by Gasteiger charge is -2.23. The van der Waals surface area contributed by atoms with Gasteiger partial charge in [0.2, 0.25) is 5.91 Å². The van der Waals surface area contributed by atoms with Crippen LogP contribution >= 0.6 is 0 Å². The molecule has 1 fully saturated rings. The summed E-state index contributed by atoms with van der Waals surface area (Å²) in [4.78, 5) is 13.7. The molecule has 4 nitrogen and oxygen atoms in total. The molecule has 1 rings (SSSR count). The Morgan fingerprint density at radius 1 is 1.44 bits per heavy atom. The summed E-state index contributed by atoms with van der Waals surface area (Å²) in [6, 6.07) is 0.332. The highest BCUT2D eigenvalue weighted by atomic mass is 16.3. The lowest BCUT2D eigenvalue weighted by molar-refractivity contribution is -0.130. The zero-order chi connectivity index (χ0) is 12.2. The Kier molecular flexibility index (Phi) is 4.74. The van der Waals surface area contributed by atoms with E-state index in [2.05, 4.69) is 5.32 Å². The molecule has 0 bridgehead atoms. The van der Waals surface area contributed by atoms with Crippen LogP contribution in [-0.2, 0) is 4.79 Å². The second-order valence-electron chi connectivity index (χ2n) is 5.27. The molecule has 1 atom stereocenters. The molecule has 94 valence electrons. The molecule has 0 aliphatic carbocycles. The number of amides is 1. The number of carbonyl (C=O) groups excluding carboxylic acids is 1. The molecule has 1 unspecified atom stereocenters. The molecule has 1 aliphatic rings. The van der Waals surface area contributed by atoms with Crippen molar-refractivity contribution in [3.05, 3.63) is 0 Å². The summed E-state index contributed by atoms with van der Waals surface area (Å²) in [6.07, 6.45) is 2.36. The van der Waals surface area contributed by atoms with Crippen molar-refractivity contribution < 1.29 is 9.90 Å². The summed E-state index contributed by atoms with van der Waals surface area (Å²) in [6.45, 7) is 7.76. The monoisotopic (exact) mass is 228 g/mol. The lowest BCUT2D eigenvalue weighted by atomic mass is 9.98. The van der Waals surface area contributed by atoms with Gasteiger partial charge in [0.25, 0.3) is 0 Å². The van der Waals surface area contributed by atoms with E-state index in [1.807, 2.05) is 25.7 Å². The molecule has 1 amide bonds. The van der Waals surface area contributed by atoms with E-state index in [1.54, 1.807) is 0 Å². The Balaban J connectivity index is 2.39. The molecule has 4 heteroatoms. The Labute approximate surface area is 98.0 Å². The van der Waals surface area contributed by atoms with Crippen molar-refractivity contribution in [1.29, 1.82) is 0 Å². The summed E-state index contributed by atoms with van der Waals surface area (Å²) in [5.41, 5.74) is -0.597. The first kappa shape index (κ1) is 13.5. The molecule has 1 saturated heterocycles. The molecule has 16 heavy (non-hydrogen) atoms. The van der Waals surface area contributed by atoms with Crippen molar-refractivity contribution in [2.75, 3.05) is 19.6 Å². The highest BCUT2D eigenvalue weighted by Crippen LogP contribution is 2.21. The van der Waals surface area contributed by atoms with Gasteiger partial charge in [0, 0.05) is 19.1 Å². The summed E-state index contributed by atoms with van der Waals surface area (Å²) in [5, 5.41) is 13.0. The molecule has 0 saturated carbocycles. The van der Waals surface area contributed by atoms with Crippen molar-refractivity contribution in [2.24, 2.45) is 0 Å². The molecular weight excluding hydrogens is 204 g/mol. The highest BCUT2D eigenvalue weighted by Gasteiger charge is 2.26. The van der Waals surface area contributed by atoms with E-state index >= 15 is 0 Å². The van der Waals surface area contributed by atoms with Crippen LogP contribution in [0.2, 0.25) is 0 Å². The van der Waals surface area contributed by atoms with Crippen LogP contribution < -0.4 is 5.32 Å². The van der Waals surface area contributed by atoms with Crippen molar-refractivity contribution in [3.63, 3.8) is 0 Å². The Morgan fingerprint density at radius 3 is 2.75 bits per heavy atom. The maximum absolute atomic E-state index is 11.8. The first-order chi connectivity index (χ1) is 7.41. The molecule has 2 N–H and O–H groups in total. The van der Waals surface area contributed by atoms with Crippen LogP contribution in [0.4, 0.5) is 0 Å². The third-order valence-corrected chi connectivity index (χ3v) is 3.08. The number of rotatable bonds is 3. The van der Waals surface area contributed by atoms with Gasteiger partial charge in [-0.1, -0.05) is 13.8 Å². The van der Waals surface area contributed by atoms with E-state index in [4.69, 9.17) is 0 Å².